The van der Waals surface area contributed by atoms with E-state index in [4.69, 9.17) is 4.42 Å². The normalized spacial score (nSPS) is 11.5. The fraction of sp³-hybridized carbons (Fsp3) is 0. The van der Waals surface area contributed by atoms with E-state index < -0.39 is 0 Å². The molecule has 0 saturated heterocycles. The van der Waals surface area contributed by atoms with Crippen molar-refractivity contribution in [2.75, 3.05) is 4.90 Å². The summed E-state index contributed by atoms with van der Waals surface area (Å²) in [4.78, 5) is 2.36. The minimum absolute atomic E-state index is 0.886. The molecule has 0 atom stereocenters. The van der Waals surface area contributed by atoms with E-state index in [2.05, 4.69) is 295 Å². The molecule has 12 aromatic carbocycles. The predicted octanol–water partition coefficient (Wildman–Crippen LogP) is 20.2. The van der Waals surface area contributed by atoms with Crippen molar-refractivity contribution >= 4 is 60.8 Å². The van der Waals surface area contributed by atoms with Gasteiger partial charge < -0.3 is 13.9 Å². The molecule has 0 amide bonds. The molecule has 0 unspecified atom stereocenters. The van der Waals surface area contributed by atoms with Gasteiger partial charge in [-0.3, -0.25) is 0 Å². The molecule has 3 heteroatoms. The molecule has 0 N–H and O–H groups in total. The summed E-state index contributed by atoms with van der Waals surface area (Å²) in [6.45, 7) is 0. The van der Waals surface area contributed by atoms with E-state index in [1.807, 2.05) is 6.07 Å². The third-order valence-electron chi connectivity index (χ3n) is 14.8. The fourth-order valence-corrected chi connectivity index (χ4v) is 11.1. The summed E-state index contributed by atoms with van der Waals surface area (Å²) < 4.78 is 9.10. The number of furan rings is 1. The van der Waals surface area contributed by atoms with Gasteiger partial charge in [0.25, 0.3) is 0 Å². The number of nitrogens with zero attached hydrogens (tertiary/aromatic N) is 2. The van der Waals surface area contributed by atoms with Crippen LogP contribution in [0.25, 0.3) is 116 Å². The van der Waals surface area contributed by atoms with Crippen LogP contribution in [0.3, 0.4) is 0 Å². The molecule has 0 aliphatic rings. The van der Waals surface area contributed by atoms with E-state index in [0.29, 0.717) is 0 Å². The molecule has 14 rings (SSSR count). The van der Waals surface area contributed by atoms with Gasteiger partial charge in [-0.1, -0.05) is 200 Å². The molecule has 0 fully saturated rings. The van der Waals surface area contributed by atoms with Gasteiger partial charge in [-0.25, -0.2) is 0 Å². The monoisotopic (exact) mass is 956 g/mol. The maximum absolute atomic E-state index is 6.70. The summed E-state index contributed by atoms with van der Waals surface area (Å²) in [5, 5.41) is 4.69. The summed E-state index contributed by atoms with van der Waals surface area (Å²) in [7, 11) is 0. The lowest BCUT2D eigenvalue weighted by Crippen LogP contribution is -2.10. The van der Waals surface area contributed by atoms with Crippen LogP contribution < -0.4 is 4.90 Å². The Labute approximate surface area is 436 Å². The zero-order valence-electron chi connectivity index (χ0n) is 41.0. The lowest BCUT2D eigenvalue weighted by Gasteiger charge is -2.26. The molecule has 0 saturated carbocycles. The summed E-state index contributed by atoms with van der Waals surface area (Å²) in [6.07, 6.45) is 0. The van der Waals surface area contributed by atoms with E-state index >= 15 is 0 Å². The number of hydrogen-bond acceptors (Lipinski definition) is 2. The Kier molecular flexibility index (Phi) is 10.8. The lowest BCUT2D eigenvalue weighted by atomic mass is 9.91. The molecule has 14 aromatic rings. The Morgan fingerprint density at radius 1 is 0.253 bits per heavy atom. The third kappa shape index (κ3) is 8.04. The molecule has 2 aromatic heterocycles. The Morgan fingerprint density at radius 3 is 1.39 bits per heavy atom. The highest BCUT2D eigenvalue weighted by Gasteiger charge is 2.19. The number of rotatable bonds is 10. The predicted molar refractivity (Wildman–Crippen MR) is 315 cm³/mol. The van der Waals surface area contributed by atoms with Crippen molar-refractivity contribution in [2.24, 2.45) is 0 Å². The van der Waals surface area contributed by atoms with Crippen LogP contribution in [-0.4, -0.2) is 4.57 Å². The van der Waals surface area contributed by atoms with E-state index in [9.17, 15) is 0 Å². The SMILES string of the molecule is c1ccc(-c2ccc(N(c3ccc(-c4ccccc4)cc3)c3cccc(-c4cccc(-c5cc(-c6ccc7c8ccccc8n(-c8ccccc8)c7c6)cc(-c6cccc7c6oc6ccccc67)c5)c4)c3)cc2)cc1. The van der Waals surface area contributed by atoms with Gasteiger partial charge in [0.2, 0.25) is 0 Å². The smallest absolute Gasteiger partial charge is 0.143 e. The highest BCUT2D eigenvalue weighted by molar-refractivity contribution is 6.11. The van der Waals surface area contributed by atoms with E-state index in [0.717, 1.165) is 89.2 Å². The van der Waals surface area contributed by atoms with Gasteiger partial charge in [0.05, 0.1) is 11.0 Å². The average Bonchev–Trinajstić information content (AvgIpc) is 4.06. The van der Waals surface area contributed by atoms with Crippen LogP contribution in [0.15, 0.2) is 296 Å². The lowest BCUT2D eigenvalue weighted by molar-refractivity contribution is 0.670. The van der Waals surface area contributed by atoms with Crippen LogP contribution in [0, 0.1) is 0 Å². The largest absolute Gasteiger partial charge is 0.455 e. The summed E-state index contributed by atoms with van der Waals surface area (Å²) in [5.74, 6) is 0. The van der Waals surface area contributed by atoms with Crippen molar-refractivity contribution in [1.82, 2.24) is 4.57 Å². The average molecular weight is 957 g/mol. The van der Waals surface area contributed by atoms with E-state index in [1.165, 1.54) is 44.1 Å². The number of aromatic nitrogens is 1. The molecule has 0 aliphatic carbocycles. The van der Waals surface area contributed by atoms with Crippen molar-refractivity contribution < 1.29 is 4.42 Å². The molecule has 0 bridgehead atoms. The van der Waals surface area contributed by atoms with Crippen molar-refractivity contribution in [2.45, 2.75) is 0 Å². The molecule has 0 spiro atoms. The Morgan fingerprint density at radius 2 is 0.707 bits per heavy atom. The maximum atomic E-state index is 6.70. The molecular weight excluding hydrogens is 909 g/mol. The molecule has 75 heavy (non-hydrogen) atoms. The first-order valence-electron chi connectivity index (χ1n) is 25.6. The zero-order valence-corrected chi connectivity index (χ0v) is 41.0. The highest BCUT2D eigenvalue weighted by atomic mass is 16.3. The molecule has 3 nitrogen and oxygen atoms in total. The quantitative estimate of drug-likeness (QED) is 0.136. The van der Waals surface area contributed by atoms with E-state index in [1.54, 1.807) is 0 Å². The van der Waals surface area contributed by atoms with Crippen molar-refractivity contribution in [3.63, 3.8) is 0 Å². The van der Waals surface area contributed by atoms with E-state index in [-0.39, 0.29) is 0 Å². The first kappa shape index (κ1) is 43.8. The summed E-state index contributed by atoms with van der Waals surface area (Å²) >= 11 is 0. The number of fused-ring (bicyclic) bond motifs is 6. The zero-order chi connectivity index (χ0) is 49.7. The van der Waals surface area contributed by atoms with Crippen molar-refractivity contribution in [1.29, 1.82) is 0 Å². The molecule has 2 heterocycles. The van der Waals surface area contributed by atoms with Crippen molar-refractivity contribution in [3.8, 4) is 72.4 Å². The highest BCUT2D eigenvalue weighted by Crippen LogP contribution is 2.43. The van der Waals surface area contributed by atoms with Crippen LogP contribution in [0.1, 0.15) is 0 Å². The van der Waals surface area contributed by atoms with Crippen LogP contribution in [0.4, 0.5) is 17.1 Å². The van der Waals surface area contributed by atoms with Crippen LogP contribution in [0.2, 0.25) is 0 Å². The van der Waals surface area contributed by atoms with Gasteiger partial charge in [0, 0.05) is 49.9 Å². The summed E-state index contributed by atoms with van der Waals surface area (Å²) in [6, 6.07) is 105. The van der Waals surface area contributed by atoms with Crippen LogP contribution in [-0.2, 0) is 0 Å². The summed E-state index contributed by atoms with van der Waals surface area (Å²) in [5.41, 5.74) is 22.2. The minimum atomic E-state index is 0.886. The Bertz CT molecular complexity index is 4300. The second kappa shape index (κ2) is 18.6. The fourth-order valence-electron chi connectivity index (χ4n) is 11.1. The molecular formula is C72H48N2O. The number of benzene rings is 12. The van der Waals surface area contributed by atoms with Gasteiger partial charge in [-0.15, -0.1) is 0 Å². The first-order chi connectivity index (χ1) is 37.2. The van der Waals surface area contributed by atoms with Crippen LogP contribution in [0.5, 0.6) is 0 Å². The second-order valence-electron chi connectivity index (χ2n) is 19.3. The Hall–Kier alpha value is -9.96. The third-order valence-corrected chi connectivity index (χ3v) is 14.8. The Balaban J connectivity index is 0.899. The standard InChI is InChI=1S/C72H48N2O/c1-4-17-49(18-5-1)51-33-38-61(39-34-51)73(62-40-35-52(36-41-62)50-19-6-2-7-20-50)63-26-15-23-55(47-63)53-21-14-22-54(43-53)57-44-58(46-59(45-57)64-29-16-30-68-67-28-11-13-32-71(67)75-72(64)68)56-37-42-66-65-27-10-12-31-69(65)74(70(66)48-56)60-24-8-3-9-25-60/h1-48H. The van der Waals surface area contributed by atoms with Crippen LogP contribution >= 0.6 is 0 Å². The van der Waals surface area contributed by atoms with Gasteiger partial charge in [-0.2, -0.15) is 0 Å². The second-order valence-corrected chi connectivity index (χ2v) is 19.3. The van der Waals surface area contributed by atoms with Gasteiger partial charge in [-0.05, 0) is 152 Å². The molecule has 0 radical (unpaired) electrons. The number of hydrogen-bond donors (Lipinski definition) is 0. The first-order valence-corrected chi connectivity index (χ1v) is 25.6. The van der Waals surface area contributed by atoms with Gasteiger partial charge >= 0.3 is 0 Å². The van der Waals surface area contributed by atoms with Gasteiger partial charge in [0.15, 0.2) is 0 Å². The number of anilines is 3. The minimum Gasteiger partial charge on any atom is -0.455 e. The molecule has 352 valence electrons. The maximum Gasteiger partial charge on any atom is 0.143 e. The molecule has 0 aliphatic heterocycles. The topological polar surface area (TPSA) is 21.3 Å². The van der Waals surface area contributed by atoms with Gasteiger partial charge in [0.1, 0.15) is 11.2 Å². The van der Waals surface area contributed by atoms with Crippen molar-refractivity contribution in [3.05, 3.63) is 291 Å². The number of para-hydroxylation sites is 4.